The summed E-state index contributed by atoms with van der Waals surface area (Å²) in [5.41, 5.74) is 0.964. The van der Waals surface area contributed by atoms with Gasteiger partial charge in [0, 0.05) is 22.4 Å². The minimum atomic E-state index is 0.273. The van der Waals surface area contributed by atoms with Crippen molar-refractivity contribution >= 4 is 28.8 Å². The average molecular weight is 363 g/mol. The Morgan fingerprint density at radius 2 is 2.17 bits per heavy atom. The van der Waals surface area contributed by atoms with Crippen LogP contribution in [0.5, 0.6) is 5.75 Å². The number of benzene rings is 1. The Labute approximate surface area is 150 Å². The van der Waals surface area contributed by atoms with Crippen molar-refractivity contribution in [3.05, 3.63) is 45.4 Å². The number of amides is 1. The van der Waals surface area contributed by atoms with Crippen molar-refractivity contribution in [2.24, 2.45) is 5.92 Å². The van der Waals surface area contributed by atoms with Gasteiger partial charge >= 0.3 is 0 Å². The third-order valence-electron chi connectivity index (χ3n) is 4.29. The molecule has 2 aliphatic carbocycles. The summed E-state index contributed by atoms with van der Waals surface area (Å²) >= 11 is 7.53. The summed E-state index contributed by atoms with van der Waals surface area (Å²) in [6.45, 7) is 1.05. The Kier molecular flexibility index (Phi) is 4.46. The zero-order valence-electron chi connectivity index (χ0n) is 13.3. The molecule has 0 aliphatic heterocycles. The smallest absolute Gasteiger partial charge is 0.226 e. The van der Waals surface area contributed by atoms with E-state index in [4.69, 9.17) is 16.3 Å². The van der Waals surface area contributed by atoms with Crippen LogP contribution in [0.25, 0.3) is 0 Å². The van der Waals surface area contributed by atoms with E-state index in [9.17, 15) is 4.79 Å². The molecule has 0 radical (unpaired) electrons. The molecule has 2 fully saturated rings. The molecule has 1 aromatic heterocycles. The highest BCUT2D eigenvalue weighted by Gasteiger charge is 2.40. The Morgan fingerprint density at radius 1 is 1.33 bits per heavy atom. The normalized spacial score (nSPS) is 16.9. The maximum atomic E-state index is 12.4. The molecule has 0 saturated heterocycles. The second-order valence-electron chi connectivity index (χ2n) is 6.45. The van der Waals surface area contributed by atoms with Gasteiger partial charge in [-0.25, -0.2) is 4.98 Å². The molecule has 1 heterocycles. The first-order valence-corrected chi connectivity index (χ1v) is 9.57. The molecule has 4 rings (SSSR count). The van der Waals surface area contributed by atoms with Crippen molar-refractivity contribution in [3.8, 4) is 5.75 Å². The summed E-state index contributed by atoms with van der Waals surface area (Å²) in [5.74, 6) is 1.33. The number of aromatic nitrogens is 1. The molecule has 24 heavy (non-hydrogen) atoms. The third-order valence-corrected chi connectivity index (χ3v) is 5.39. The van der Waals surface area contributed by atoms with E-state index in [0.717, 1.165) is 42.1 Å². The third kappa shape index (κ3) is 3.90. The molecule has 0 spiro atoms. The predicted molar refractivity (Wildman–Crippen MR) is 94.2 cm³/mol. The van der Waals surface area contributed by atoms with Crippen molar-refractivity contribution in [1.29, 1.82) is 0 Å². The molecule has 2 saturated carbocycles. The summed E-state index contributed by atoms with van der Waals surface area (Å²) in [5, 5.41) is 3.61. The van der Waals surface area contributed by atoms with Gasteiger partial charge in [0.15, 0.2) is 0 Å². The minimum absolute atomic E-state index is 0.273. The van der Waals surface area contributed by atoms with Gasteiger partial charge in [0.2, 0.25) is 5.91 Å². The summed E-state index contributed by atoms with van der Waals surface area (Å²) in [6, 6.07) is 7.79. The number of hydrogen-bond acceptors (Lipinski definition) is 4. The van der Waals surface area contributed by atoms with Crippen LogP contribution in [0.15, 0.2) is 29.6 Å². The first-order chi connectivity index (χ1) is 11.7. The highest BCUT2D eigenvalue weighted by atomic mass is 35.5. The molecule has 4 nitrogen and oxygen atoms in total. The van der Waals surface area contributed by atoms with Crippen LogP contribution in [0.2, 0.25) is 5.02 Å². The number of rotatable bonds is 7. The van der Waals surface area contributed by atoms with Crippen molar-refractivity contribution < 1.29 is 9.53 Å². The van der Waals surface area contributed by atoms with Crippen molar-refractivity contribution in [3.63, 3.8) is 0 Å². The molecule has 0 bridgehead atoms. The molecule has 0 N–H and O–H groups in total. The van der Waals surface area contributed by atoms with E-state index in [2.05, 4.69) is 4.98 Å². The Bertz CT molecular complexity index is 740. The van der Waals surface area contributed by atoms with Crippen LogP contribution in [0.1, 0.15) is 36.4 Å². The second kappa shape index (κ2) is 6.73. The van der Waals surface area contributed by atoms with E-state index in [1.807, 2.05) is 28.5 Å². The van der Waals surface area contributed by atoms with Crippen LogP contribution in [0.4, 0.5) is 0 Å². The number of halogens is 1. The van der Waals surface area contributed by atoms with Gasteiger partial charge in [-0.1, -0.05) is 17.7 Å². The zero-order chi connectivity index (χ0) is 16.5. The van der Waals surface area contributed by atoms with Crippen LogP contribution in [-0.4, -0.2) is 21.8 Å². The lowest BCUT2D eigenvalue weighted by Crippen LogP contribution is -2.33. The van der Waals surface area contributed by atoms with Gasteiger partial charge in [0.05, 0.1) is 12.2 Å². The molecule has 6 heteroatoms. The SMILES string of the molecule is O=C(C1CC1)N(Cc1csc(COc2cccc(Cl)c2)n1)C1CC1. The summed E-state index contributed by atoms with van der Waals surface area (Å²) < 4.78 is 5.73. The first-order valence-electron chi connectivity index (χ1n) is 8.31. The van der Waals surface area contributed by atoms with Gasteiger partial charge < -0.3 is 9.64 Å². The summed E-state index contributed by atoms with van der Waals surface area (Å²) in [6.07, 6.45) is 4.37. The Morgan fingerprint density at radius 3 is 2.88 bits per heavy atom. The summed E-state index contributed by atoms with van der Waals surface area (Å²) in [4.78, 5) is 19.1. The quantitative estimate of drug-likeness (QED) is 0.738. The lowest BCUT2D eigenvalue weighted by atomic mass is 10.3. The van der Waals surface area contributed by atoms with Gasteiger partial charge in [-0.2, -0.15) is 0 Å². The second-order valence-corrected chi connectivity index (χ2v) is 7.83. The van der Waals surface area contributed by atoms with Gasteiger partial charge in [0.25, 0.3) is 0 Å². The average Bonchev–Trinajstić information content (AvgIpc) is 3.48. The molecule has 2 aliphatic rings. The van der Waals surface area contributed by atoms with Gasteiger partial charge in [-0.15, -0.1) is 11.3 Å². The van der Waals surface area contributed by atoms with Crippen LogP contribution in [0, 0.1) is 5.92 Å². The van der Waals surface area contributed by atoms with Gasteiger partial charge in [-0.3, -0.25) is 4.79 Å². The molecule has 1 aromatic carbocycles. The lowest BCUT2D eigenvalue weighted by molar-refractivity contribution is -0.133. The fourth-order valence-electron chi connectivity index (χ4n) is 2.70. The number of carbonyl (C=O) groups is 1. The number of carbonyl (C=O) groups excluding carboxylic acids is 1. The van der Waals surface area contributed by atoms with E-state index < -0.39 is 0 Å². The van der Waals surface area contributed by atoms with E-state index >= 15 is 0 Å². The fraction of sp³-hybridized carbons (Fsp3) is 0.444. The predicted octanol–water partition coefficient (Wildman–Crippen LogP) is 4.28. The number of thiazole rings is 1. The number of ether oxygens (including phenoxy) is 1. The number of nitrogens with zero attached hydrogens (tertiary/aromatic N) is 2. The van der Waals surface area contributed by atoms with Crippen LogP contribution in [0.3, 0.4) is 0 Å². The van der Waals surface area contributed by atoms with Crippen LogP contribution >= 0.6 is 22.9 Å². The molecule has 0 unspecified atom stereocenters. The van der Waals surface area contributed by atoms with E-state index in [0.29, 0.717) is 30.1 Å². The van der Waals surface area contributed by atoms with Crippen LogP contribution < -0.4 is 4.74 Å². The largest absolute Gasteiger partial charge is 0.486 e. The molecular formula is C18H19ClN2O2S. The summed E-state index contributed by atoms with van der Waals surface area (Å²) in [7, 11) is 0. The highest BCUT2D eigenvalue weighted by Crippen LogP contribution is 2.36. The lowest BCUT2D eigenvalue weighted by Gasteiger charge is -2.21. The van der Waals surface area contributed by atoms with Crippen molar-refractivity contribution in [2.75, 3.05) is 0 Å². The molecular weight excluding hydrogens is 344 g/mol. The Balaban J connectivity index is 1.36. The van der Waals surface area contributed by atoms with Crippen molar-refractivity contribution in [1.82, 2.24) is 9.88 Å². The first kappa shape index (κ1) is 15.9. The van der Waals surface area contributed by atoms with Crippen LogP contribution in [-0.2, 0) is 17.9 Å². The van der Waals surface area contributed by atoms with Gasteiger partial charge in [0.1, 0.15) is 17.4 Å². The fourth-order valence-corrected chi connectivity index (χ4v) is 3.58. The zero-order valence-corrected chi connectivity index (χ0v) is 14.9. The molecule has 2 aromatic rings. The highest BCUT2D eigenvalue weighted by molar-refractivity contribution is 7.09. The standard InChI is InChI=1S/C18H19ClN2O2S/c19-13-2-1-3-16(8-13)23-10-17-20-14(11-24-17)9-21(15-6-7-15)18(22)12-4-5-12/h1-3,8,11-12,15H,4-7,9-10H2. The Hall–Kier alpha value is -1.59. The molecule has 126 valence electrons. The van der Waals surface area contributed by atoms with Crippen molar-refractivity contribution in [2.45, 2.75) is 44.9 Å². The van der Waals surface area contributed by atoms with E-state index in [1.165, 1.54) is 0 Å². The minimum Gasteiger partial charge on any atom is -0.486 e. The molecule has 1 amide bonds. The maximum Gasteiger partial charge on any atom is 0.226 e. The topological polar surface area (TPSA) is 42.4 Å². The van der Waals surface area contributed by atoms with E-state index in [-0.39, 0.29) is 5.92 Å². The molecule has 0 atom stereocenters. The van der Waals surface area contributed by atoms with Gasteiger partial charge in [-0.05, 0) is 43.9 Å². The monoisotopic (exact) mass is 362 g/mol. The number of hydrogen-bond donors (Lipinski definition) is 0. The maximum absolute atomic E-state index is 12.4. The van der Waals surface area contributed by atoms with E-state index in [1.54, 1.807) is 17.4 Å².